The summed E-state index contributed by atoms with van der Waals surface area (Å²) in [5, 5.41) is 7.49. The molecule has 0 atom stereocenters. The van der Waals surface area contributed by atoms with E-state index in [0.717, 1.165) is 16.7 Å². The lowest BCUT2D eigenvalue weighted by molar-refractivity contribution is 0.290. The van der Waals surface area contributed by atoms with Crippen LogP contribution in [0.4, 0.5) is 0 Å². The van der Waals surface area contributed by atoms with Crippen molar-refractivity contribution in [3.63, 3.8) is 0 Å². The van der Waals surface area contributed by atoms with E-state index in [1.807, 2.05) is 78.9 Å². The number of hydrogen-bond donors (Lipinski definition) is 1. The molecule has 0 spiro atoms. The van der Waals surface area contributed by atoms with Crippen LogP contribution in [0.1, 0.15) is 16.7 Å². The summed E-state index contributed by atoms with van der Waals surface area (Å²) in [7, 11) is 0. The van der Waals surface area contributed by atoms with Gasteiger partial charge in [0.2, 0.25) is 0 Å². The summed E-state index contributed by atoms with van der Waals surface area (Å²) in [6.45, 7) is 0.973. The van der Waals surface area contributed by atoms with E-state index in [1.165, 1.54) is 6.21 Å². The van der Waals surface area contributed by atoms with E-state index in [4.69, 9.17) is 14.9 Å². The van der Waals surface area contributed by atoms with Gasteiger partial charge >= 0.3 is 0 Å². The van der Waals surface area contributed by atoms with Crippen molar-refractivity contribution in [3.8, 4) is 11.5 Å². The van der Waals surface area contributed by atoms with Gasteiger partial charge in [-0.1, -0.05) is 60.7 Å². The minimum Gasteiger partial charge on any atom is -0.489 e. The predicted octanol–water partition coefficient (Wildman–Crippen LogP) is 4.84. The standard InChI is InChI=1S/C21H19NO2/c22-14-19-11-20(23-15-17-7-3-1-4-8-17)13-21(12-19)24-16-18-9-5-2-6-10-18/h1-14,22H,15-16H2. The second kappa shape index (κ2) is 7.97. The van der Waals surface area contributed by atoms with Gasteiger partial charge in [-0.25, -0.2) is 0 Å². The summed E-state index contributed by atoms with van der Waals surface area (Å²) in [4.78, 5) is 0. The Hall–Kier alpha value is -3.07. The molecule has 3 rings (SSSR count). The van der Waals surface area contributed by atoms with Gasteiger partial charge in [0.05, 0.1) is 0 Å². The summed E-state index contributed by atoms with van der Waals surface area (Å²) < 4.78 is 11.7. The van der Waals surface area contributed by atoms with E-state index in [9.17, 15) is 0 Å². The lowest BCUT2D eigenvalue weighted by atomic mass is 10.2. The Morgan fingerprint density at radius 3 is 1.54 bits per heavy atom. The third-order valence-corrected chi connectivity index (χ3v) is 3.57. The molecule has 0 aromatic heterocycles. The van der Waals surface area contributed by atoms with Crippen molar-refractivity contribution in [2.45, 2.75) is 13.2 Å². The van der Waals surface area contributed by atoms with Crippen LogP contribution in [0, 0.1) is 5.41 Å². The third kappa shape index (κ3) is 4.46. The maximum Gasteiger partial charge on any atom is 0.124 e. The molecule has 0 bridgehead atoms. The summed E-state index contributed by atoms with van der Waals surface area (Å²) in [6.07, 6.45) is 1.30. The second-order valence-corrected chi connectivity index (χ2v) is 5.43. The second-order valence-electron chi connectivity index (χ2n) is 5.43. The average Bonchev–Trinajstić information content (AvgIpc) is 2.66. The van der Waals surface area contributed by atoms with Gasteiger partial charge in [0, 0.05) is 12.3 Å². The van der Waals surface area contributed by atoms with Crippen LogP contribution < -0.4 is 9.47 Å². The van der Waals surface area contributed by atoms with Gasteiger partial charge in [-0.3, -0.25) is 0 Å². The first-order valence-electron chi connectivity index (χ1n) is 7.82. The highest BCUT2D eigenvalue weighted by Crippen LogP contribution is 2.24. The van der Waals surface area contributed by atoms with Crippen LogP contribution in [-0.4, -0.2) is 6.21 Å². The van der Waals surface area contributed by atoms with Gasteiger partial charge in [-0.05, 0) is 28.8 Å². The van der Waals surface area contributed by atoms with Crippen molar-refractivity contribution in [2.75, 3.05) is 0 Å². The Morgan fingerprint density at radius 1 is 0.667 bits per heavy atom. The monoisotopic (exact) mass is 317 g/mol. The Bertz CT molecular complexity index is 724. The van der Waals surface area contributed by atoms with Crippen molar-refractivity contribution >= 4 is 6.21 Å². The zero-order chi connectivity index (χ0) is 16.6. The largest absolute Gasteiger partial charge is 0.489 e. The van der Waals surface area contributed by atoms with Crippen molar-refractivity contribution in [2.24, 2.45) is 0 Å². The number of ether oxygens (including phenoxy) is 2. The zero-order valence-corrected chi connectivity index (χ0v) is 13.3. The predicted molar refractivity (Wildman–Crippen MR) is 95.9 cm³/mol. The molecule has 24 heavy (non-hydrogen) atoms. The molecule has 3 nitrogen and oxygen atoms in total. The molecular weight excluding hydrogens is 298 g/mol. The van der Waals surface area contributed by atoms with Crippen LogP contribution in [0.3, 0.4) is 0 Å². The van der Waals surface area contributed by atoms with Crippen LogP contribution in [0.5, 0.6) is 11.5 Å². The summed E-state index contributed by atoms with van der Waals surface area (Å²) in [5.41, 5.74) is 2.96. The fourth-order valence-corrected chi connectivity index (χ4v) is 2.33. The molecule has 3 aromatic rings. The minimum absolute atomic E-state index is 0.487. The molecule has 0 fully saturated rings. The number of hydrogen-bond acceptors (Lipinski definition) is 3. The van der Waals surface area contributed by atoms with E-state index in [-0.39, 0.29) is 0 Å². The molecule has 0 aliphatic carbocycles. The van der Waals surface area contributed by atoms with Gasteiger partial charge in [-0.2, -0.15) is 0 Å². The zero-order valence-electron chi connectivity index (χ0n) is 13.3. The molecule has 120 valence electrons. The van der Waals surface area contributed by atoms with Crippen LogP contribution >= 0.6 is 0 Å². The highest BCUT2D eigenvalue weighted by Gasteiger charge is 2.03. The van der Waals surface area contributed by atoms with Crippen LogP contribution in [0.25, 0.3) is 0 Å². The normalized spacial score (nSPS) is 10.2. The van der Waals surface area contributed by atoms with Gasteiger partial charge < -0.3 is 14.9 Å². The maximum atomic E-state index is 7.49. The van der Waals surface area contributed by atoms with Gasteiger partial charge in [-0.15, -0.1) is 0 Å². The van der Waals surface area contributed by atoms with E-state index >= 15 is 0 Å². The van der Waals surface area contributed by atoms with Crippen LogP contribution in [0.2, 0.25) is 0 Å². The molecular formula is C21H19NO2. The average molecular weight is 317 g/mol. The third-order valence-electron chi connectivity index (χ3n) is 3.57. The number of nitrogens with one attached hydrogen (secondary N) is 1. The maximum absolute atomic E-state index is 7.49. The minimum atomic E-state index is 0.487. The van der Waals surface area contributed by atoms with Gasteiger partial charge in [0.1, 0.15) is 24.7 Å². The van der Waals surface area contributed by atoms with E-state index in [0.29, 0.717) is 24.7 Å². The molecule has 1 N–H and O–H groups in total. The van der Waals surface area contributed by atoms with Crippen LogP contribution in [0.15, 0.2) is 78.9 Å². The van der Waals surface area contributed by atoms with Crippen molar-refractivity contribution in [1.29, 1.82) is 5.41 Å². The lowest BCUT2D eigenvalue weighted by Crippen LogP contribution is -1.99. The van der Waals surface area contributed by atoms with Gasteiger partial charge in [0.25, 0.3) is 0 Å². The first-order chi connectivity index (χ1) is 11.8. The molecule has 0 heterocycles. The van der Waals surface area contributed by atoms with Crippen LogP contribution in [-0.2, 0) is 13.2 Å². The molecule has 0 saturated carbocycles. The SMILES string of the molecule is N=Cc1cc(OCc2ccccc2)cc(OCc2ccccc2)c1. The molecule has 0 radical (unpaired) electrons. The fourth-order valence-electron chi connectivity index (χ4n) is 2.33. The molecule has 0 amide bonds. The molecule has 0 saturated heterocycles. The van der Waals surface area contributed by atoms with E-state index in [1.54, 1.807) is 0 Å². The summed E-state index contributed by atoms with van der Waals surface area (Å²) in [5.74, 6) is 1.39. The first-order valence-corrected chi connectivity index (χ1v) is 7.82. The Kier molecular flexibility index (Phi) is 5.25. The highest BCUT2D eigenvalue weighted by molar-refractivity contribution is 5.78. The lowest BCUT2D eigenvalue weighted by Gasteiger charge is -2.11. The summed E-state index contributed by atoms with van der Waals surface area (Å²) in [6, 6.07) is 25.5. The van der Waals surface area contributed by atoms with E-state index < -0.39 is 0 Å². The topological polar surface area (TPSA) is 42.3 Å². The highest BCUT2D eigenvalue weighted by atomic mass is 16.5. The van der Waals surface area contributed by atoms with Crippen molar-refractivity contribution in [3.05, 3.63) is 95.6 Å². The quantitative estimate of drug-likeness (QED) is 0.633. The molecule has 3 heteroatoms. The molecule has 0 aliphatic heterocycles. The Morgan fingerprint density at radius 2 is 1.12 bits per heavy atom. The Labute approximate surface area is 142 Å². The first kappa shape index (κ1) is 15.8. The van der Waals surface area contributed by atoms with E-state index in [2.05, 4.69) is 0 Å². The Balaban J connectivity index is 1.69. The van der Waals surface area contributed by atoms with Gasteiger partial charge in [0.15, 0.2) is 0 Å². The number of rotatable bonds is 7. The molecule has 3 aromatic carbocycles. The van der Waals surface area contributed by atoms with Crippen molar-refractivity contribution < 1.29 is 9.47 Å². The van der Waals surface area contributed by atoms with Crippen molar-refractivity contribution in [1.82, 2.24) is 0 Å². The fraction of sp³-hybridized carbons (Fsp3) is 0.0952. The number of benzene rings is 3. The molecule has 0 aliphatic rings. The smallest absolute Gasteiger partial charge is 0.124 e. The molecule has 0 unspecified atom stereocenters. The summed E-state index contributed by atoms with van der Waals surface area (Å²) >= 11 is 0.